The quantitative estimate of drug-likeness (QED) is 0.351. The normalized spacial score (nSPS) is 11.8. The number of hydrogen-bond acceptors (Lipinski definition) is 5. The van der Waals surface area contributed by atoms with Gasteiger partial charge in [0, 0.05) is 18.3 Å². The number of halogens is 2. The topological polar surface area (TPSA) is 69.0 Å². The van der Waals surface area contributed by atoms with Gasteiger partial charge in [-0.3, -0.25) is 9.36 Å². The van der Waals surface area contributed by atoms with Gasteiger partial charge < -0.3 is 10.1 Å². The molecule has 0 aliphatic heterocycles. The van der Waals surface area contributed by atoms with Crippen molar-refractivity contribution < 1.29 is 18.3 Å². The van der Waals surface area contributed by atoms with Gasteiger partial charge in [0.15, 0.2) is 28.7 Å². The van der Waals surface area contributed by atoms with Crippen molar-refractivity contribution in [1.82, 2.24) is 14.8 Å². The van der Waals surface area contributed by atoms with Crippen LogP contribution in [0.2, 0.25) is 0 Å². The van der Waals surface area contributed by atoms with Crippen LogP contribution in [-0.4, -0.2) is 26.4 Å². The lowest BCUT2D eigenvalue weighted by atomic mass is 10.1. The smallest absolute Gasteiger partial charge is 0.234 e. The highest BCUT2D eigenvalue weighted by atomic mass is 32.2. The predicted octanol–water partition coefficient (Wildman–Crippen LogP) is 5.23. The molecule has 1 aromatic heterocycles. The Balaban J connectivity index is 1.70. The summed E-state index contributed by atoms with van der Waals surface area (Å²) in [5, 5.41) is 11.7. The van der Waals surface area contributed by atoms with E-state index in [1.165, 1.54) is 17.8 Å². The van der Waals surface area contributed by atoms with E-state index in [1.54, 1.807) is 17.6 Å². The lowest BCUT2D eigenvalue weighted by Crippen LogP contribution is -2.16. The number of carbonyl (C=O) groups excluding carboxylic acids is 1. The Morgan fingerprint density at radius 1 is 1.28 bits per heavy atom. The summed E-state index contributed by atoms with van der Waals surface area (Å²) in [7, 11) is 0. The van der Waals surface area contributed by atoms with Gasteiger partial charge in [0.25, 0.3) is 0 Å². The second-order valence-electron chi connectivity index (χ2n) is 7.16. The monoisotopic (exact) mass is 458 g/mol. The molecule has 0 saturated carbocycles. The Labute approximate surface area is 189 Å². The number of nitrogens with zero attached hydrogens (tertiary/aromatic N) is 3. The first kappa shape index (κ1) is 23.5. The Kier molecular flexibility index (Phi) is 7.63. The van der Waals surface area contributed by atoms with Gasteiger partial charge >= 0.3 is 0 Å². The van der Waals surface area contributed by atoms with Crippen LogP contribution in [0.4, 0.5) is 14.5 Å². The number of amides is 1. The second kappa shape index (κ2) is 10.4. The van der Waals surface area contributed by atoms with Gasteiger partial charge in [0.05, 0.1) is 5.75 Å². The highest BCUT2D eigenvalue weighted by molar-refractivity contribution is 7.99. The molecule has 3 rings (SSSR count). The summed E-state index contributed by atoms with van der Waals surface area (Å²) in [5.41, 5.74) is 2.88. The van der Waals surface area contributed by atoms with E-state index >= 15 is 0 Å². The van der Waals surface area contributed by atoms with Gasteiger partial charge in [-0.05, 0) is 50.1 Å². The maximum Gasteiger partial charge on any atom is 0.234 e. The van der Waals surface area contributed by atoms with E-state index in [1.807, 2.05) is 32.0 Å². The molecule has 32 heavy (non-hydrogen) atoms. The standard InChI is InChI=1S/C23H24F2N4O2S/c1-5-11-29-22(16(4)31-20-10-9-17(24)12-18(20)25)27-28-23(29)32-13-21(30)26-19-8-6-7-14(2)15(19)3/h5-10,12,16H,1,11,13H2,2-4H3,(H,26,30). The van der Waals surface area contributed by atoms with Crippen LogP contribution in [0.25, 0.3) is 0 Å². The number of ether oxygens (including phenoxy) is 1. The Bertz CT molecular complexity index is 1130. The first-order valence-electron chi connectivity index (χ1n) is 9.94. The summed E-state index contributed by atoms with van der Waals surface area (Å²) in [6.07, 6.45) is 0.999. The minimum absolute atomic E-state index is 0.0887. The third-order valence-electron chi connectivity index (χ3n) is 4.83. The number of aryl methyl sites for hydroxylation is 1. The van der Waals surface area contributed by atoms with Crippen molar-refractivity contribution in [3.63, 3.8) is 0 Å². The largest absolute Gasteiger partial charge is 0.480 e. The maximum atomic E-state index is 13.9. The van der Waals surface area contributed by atoms with E-state index in [-0.39, 0.29) is 17.4 Å². The van der Waals surface area contributed by atoms with Crippen LogP contribution in [0.5, 0.6) is 5.75 Å². The second-order valence-corrected chi connectivity index (χ2v) is 8.10. The number of thioether (sulfide) groups is 1. The highest BCUT2D eigenvalue weighted by Gasteiger charge is 2.21. The van der Waals surface area contributed by atoms with E-state index in [0.29, 0.717) is 17.5 Å². The minimum Gasteiger partial charge on any atom is -0.480 e. The van der Waals surface area contributed by atoms with Gasteiger partial charge in [0.2, 0.25) is 5.91 Å². The van der Waals surface area contributed by atoms with Crippen LogP contribution >= 0.6 is 11.8 Å². The third kappa shape index (κ3) is 5.53. The van der Waals surface area contributed by atoms with Gasteiger partial charge in [-0.15, -0.1) is 16.8 Å². The highest BCUT2D eigenvalue weighted by Crippen LogP contribution is 2.27. The first-order chi connectivity index (χ1) is 15.3. The predicted molar refractivity (Wildman–Crippen MR) is 121 cm³/mol. The van der Waals surface area contributed by atoms with Gasteiger partial charge in [-0.25, -0.2) is 8.78 Å². The van der Waals surface area contributed by atoms with Gasteiger partial charge in [-0.1, -0.05) is 30.0 Å². The summed E-state index contributed by atoms with van der Waals surface area (Å²) in [6.45, 7) is 9.75. The van der Waals surface area contributed by atoms with E-state index in [2.05, 4.69) is 22.1 Å². The lowest BCUT2D eigenvalue weighted by molar-refractivity contribution is -0.113. The van der Waals surface area contributed by atoms with Crippen molar-refractivity contribution in [3.8, 4) is 5.75 Å². The van der Waals surface area contributed by atoms with Crippen LogP contribution in [0.15, 0.2) is 54.2 Å². The number of allylic oxidation sites excluding steroid dienone is 1. The molecule has 0 saturated heterocycles. The van der Waals surface area contributed by atoms with Crippen LogP contribution in [0.1, 0.15) is 30.0 Å². The molecule has 0 radical (unpaired) electrons. The molecule has 0 aliphatic rings. The van der Waals surface area contributed by atoms with E-state index in [4.69, 9.17) is 4.74 Å². The summed E-state index contributed by atoms with van der Waals surface area (Å²) in [5.74, 6) is -1.18. The fraction of sp³-hybridized carbons (Fsp3) is 0.261. The Hall–Kier alpha value is -3.20. The summed E-state index contributed by atoms with van der Waals surface area (Å²) in [6, 6.07) is 8.84. The molecule has 2 aromatic carbocycles. The molecule has 0 bridgehead atoms. The van der Waals surface area contributed by atoms with Crippen molar-refractivity contribution in [2.45, 2.75) is 38.6 Å². The zero-order valence-electron chi connectivity index (χ0n) is 18.1. The number of aromatic nitrogens is 3. The molecule has 1 amide bonds. The van der Waals surface area contributed by atoms with Crippen LogP contribution < -0.4 is 10.1 Å². The van der Waals surface area contributed by atoms with Crippen molar-refractivity contribution in [3.05, 3.63) is 77.6 Å². The Morgan fingerprint density at radius 3 is 2.78 bits per heavy atom. The van der Waals surface area contributed by atoms with Crippen LogP contribution in [0.3, 0.4) is 0 Å². The summed E-state index contributed by atoms with van der Waals surface area (Å²) in [4.78, 5) is 12.5. The van der Waals surface area contributed by atoms with Gasteiger partial charge in [-0.2, -0.15) is 0 Å². The molecule has 1 atom stereocenters. The average molecular weight is 459 g/mol. The van der Waals surface area contributed by atoms with Crippen molar-refractivity contribution in [2.24, 2.45) is 0 Å². The molecule has 3 aromatic rings. The molecule has 6 nitrogen and oxygen atoms in total. The average Bonchev–Trinajstić information content (AvgIpc) is 3.15. The molecular formula is C23H24F2N4O2S. The fourth-order valence-corrected chi connectivity index (χ4v) is 3.78. The number of carbonyl (C=O) groups is 1. The molecule has 1 heterocycles. The van der Waals surface area contributed by atoms with E-state index in [9.17, 15) is 13.6 Å². The zero-order valence-corrected chi connectivity index (χ0v) is 18.9. The van der Waals surface area contributed by atoms with Crippen LogP contribution in [-0.2, 0) is 11.3 Å². The van der Waals surface area contributed by atoms with E-state index in [0.717, 1.165) is 28.9 Å². The molecule has 0 fully saturated rings. The molecule has 168 valence electrons. The number of rotatable bonds is 9. The van der Waals surface area contributed by atoms with E-state index < -0.39 is 17.7 Å². The molecule has 1 N–H and O–H groups in total. The van der Waals surface area contributed by atoms with Crippen LogP contribution in [0, 0.1) is 25.5 Å². The Morgan fingerprint density at radius 2 is 2.06 bits per heavy atom. The van der Waals surface area contributed by atoms with Gasteiger partial charge in [0.1, 0.15) is 5.82 Å². The molecule has 0 spiro atoms. The molecule has 0 aliphatic carbocycles. The third-order valence-corrected chi connectivity index (χ3v) is 5.80. The molecule has 9 heteroatoms. The number of nitrogens with one attached hydrogen (secondary N) is 1. The number of hydrogen-bond donors (Lipinski definition) is 1. The lowest BCUT2D eigenvalue weighted by Gasteiger charge is -2.16. The van der Waals surface area contributed by atoms with Crippen molar-refractivity contribution in [2.75, 3.05) is 11.1 Å². The first-order valence-corrected chi connectivity index (χ1v) is 10.9. The molecule has 1 unspecified atom stereocenters. The minimum atomic E-state index is -0.802. The van der Waals surface area contributed by atoms with Crippen molar-refractivity contribution >= 4 is 23.4 Å². The summed E-state index contributed by atoms with van der Waals surface area (Å²) >= 11 is 1.22. The SMILES string of the molecule is C=CCn1c(SCC(=O)Nc2cccc(C)c2C)nnc1C(C)Oc1ccc(F)cc1F. The zero-order chi connectivity index (χ0) is 23.3. The number of anilines is 1. The fourth-order valence-electron chi connectivity index (χ4n) is 3.03. The summed E-state index contributed by atoms with van der Waals surface area (Å²) < 4.78 is 34.5. The van der Waals surface area contributed by atoms with Crippen molar-refractivity contribution in [1.29, 1.82) is 0 Å². The molecular weight excluding hydrogens is 434 g/mol. The number of benzene rings is 2. The maximum absolute atomic E-state index is 13.9.